The zero-order valence-corrected chi connectivity index (χ0v) is 15.7. The van der Waals surface area contributed by atoms with Crippen LogP contribution in [0.5, 0.6) is 5.75 Å². The Bertz CT molecular complexity index is 798. The summed E-state index contributed by atoms with van der Waals surface area (Å²) in [4.78, 5) is 15.0. The predicted molar refractivity (Wildman–Crippen MR) is 105 cm³/mol. The number of anilines is 1. The Balaban J connectivity index is 1.33. The van der Waals surface area contributed by atoms with Gasteiger partial charge in [0.2, 0.25) is 0 Å². The third kappa shape index (κ3) is 4.49. The molecule has 5 nitrogen and oxygen atoms in total. The number of nitrogens with one attached hydrogen (secondary N) is 1. The van der Waals surface area contributed by atoms with Gasteiger partial charge < -0.3 is 14.8 Å². The van der Waals surface area contributed by atoms with Crippen LogP contribution in [0.2, 0.25) is 0 Å². The molecular weight excluding hydrogens is 340 g/mol. The molecule has 0 bridgehead atoms. The van der Waals surface area contributed by atoms with E-state index in [4.69, 9.17) is 9.47 Å². The van der Waals surface area contributed by atoms with Crippen LogP contribution in [0.3, 0.4) is 0 Å². The monoisotopic (exact) mass is 366 g/mol. The second kappa shape index (κ2) is 8.11. The van der Waals surface area contributed by atoms with Gasteiger partial charge in [0.15, 0.2) is 6.10 Å². The molecule has 1 saturated heterocycles. The number of carbonyl (C=O) groups is 1. The first kappa shape index (κ1) is 18.0. The number of aryl methyl sites for hydroxylation is 2. The average molecular weight is 366 g/mol. The zero-order valence-electron chi connectivity index (χ0n) is 15.7. The minimum absolute atomic E-state index is 0.0813. The summed E-state index contributed by atoms with van der Waals surface area (Å²) in [6.07, 6.45) is 1.14. The summed E-state index contributed by atoms with van der Waals surface area (Å²) in [5.41, 5.74) is 4.46. The standard InChI is InChI=1S/C22H26N2O3/c1-16-2-8-20-18(14-16)5-9-21(27-20)22(25)23-19-6-3-17(4-7-19)15-24-10-12-26-13-11-24/h2-4,6-8,14,21H,5,9-13,15H2,1H3,(H,23,25). The summed E-state index contributed by atoms with van der Waals surface area (Å²) in [6.45, 7) is 6.54. The second-order valence-corrected chi connectivity index (χ2v) is 7.33. The molecule has 4 rings (SSSR count). The van der Waals surface area contributed by atoms with E-state index in [1.807, 2.05) is 24.3 Å². The van der Waals surface area contributed by atoms with Crippen LogP contribution in [-0.4, -0.2) is 43.2 Å². The highest BCUT2D eigenvalue weighted by Gasteiger charge is 2.26. The van der Waals surface area contributed by atoms with E-state index in [1.165, 1.54) is 16.7 Å². The van der Waals surface area contributed by atoms with Gasteiger partial charge in [0.1, 0.15) is 5.75 Å². The Labute approximate surface area is 160 Å². The fourth-order valence-electron chi connectivity index (χ4n) is 3.64. The molecule has 1 atom stereocenters. The van der Waals surface area contributed by atoms with E-state index in [9.17, 15) is 4.79 Å². The van der Waals surface area contributed by atoms with Gasteiger partial charge >= 0.3 is 0 Å². The maximum absolute atomic E-state index is 12.6. The Morgan fingerprint density at radius 3 is 2.70 bits per heavy atom. The molecule has 142 valence electrons. The maximum atomic E-state index is 12.6. The third-order valence-corrected chi connectivity index (χ3v) is 5.18. The smallest absolute Gasteiger partial charge is 0.265 e. The third-order valence-electron chi connectivity index (χ3n) is 5.18. The Morgan fingerprint density at radius 1 is 1.15 bits per heavy atom. The number of fused-ring (bicyclic) bond motifs is 1. The fourth-order valence-corrected chi connectivity index (χ4v) is 3.64. The minimum atomic E-state index is -0.437. The lowest BCUT2D eigenvalue weighted by Crippen LogP contribution is -2.36. The van der Waals surface area contributed by atoms with Crippen LogP contribution in [0.25, 0.3) is 0 Å². The lowest BCUT2D eigenvalue weighted by atomic mass is 10.00. The first-order chi connectivity index (χ1) is 13.2. The van der Waals surface area contributed by atoms with Gasteiger partial charge in [-0.3, -0.25) is 9.69 Å². The van der Waals surface area contributed by atoms with Crippen molar-refractivity contribution in [3.05, 3.63) is 59.2 Å². The first-order valence-corrected chi connectivity index (χ1v) is 9.63. The molecule has 1 amide bonds. The molecule has 2 aliphatic rings. The number of benzene rings is 2. The normalized spacial score (nSPS) is 19.8. The molecule has 1 N–H and O–H groups in total. The average Bonchev–Trinajstić information content (AvgIpc) is 2.70. The van der Waals surface area contributed by atoms with E-state index in [-0.39, 0.29) is 5.91 Å². The number of morpholine rings is 1. The van der Waals surface area contributed by atoms with Crippen LogP contribution in [0.4, 0.5) is 5.69 Å². The molecule has 1 fully saturated rings. The topological polar surface area (TPSA) is 50.8 Å². The van der Waals surface area contributed by atoms with Crippen LogP contribution < -0.4 is 10.1 Å². The fraction of sp³-hybridized carbons (Fsp3) is 0.409. The molecule has 0 aliphatic carbocycles. The van der Waals surface area contributed by atoms with Crippen molar-refractivity contribution in [1.29, 1.82) is 0 Å². The van der Waals surface area contributed by atoms with Crippen LogP contribution in [0.15, 0.2) is 42.5 Å². The van der Waals surface area contributed by atoms with Crippen molar-refractivity contribution >= 4 is 11.6 Å². The van der Waals surface area contributed by atoms with Crippen molar-refractivity contribution in [3.8, 4) is 5.75 Å². The highest BCUT2D eigenvalue weighted by molar-refractivity contribution is 5.94. The lowest BCUT2D eigenvalue weighted by Gasteiger charge is -2.27. The van der Waals surface area contributed by atoms with Gasteiger partial charge in [0.05, 0.1) is 13.2 Å². The van der Waals surface area contributed by atoms with Crippen molar-refractivity contribution < 1.29 is 14.3 Å². The number of rotatable bonds is 4. The quantitative estimate of drug-likeness (QED) is 0.903. The van der Waals surface area contributed by atoms with E-state index in [0.717, 1.165) is 50.7 Å². The Hall–Kier alpha value is -2.37. The van der Waals surface area contributed by atoms with Gasteiger partial charge in [-0.05, 0) is 49.1 Å². The molecule has 0 spiro atoms. The highest BCUT2D eigenvalue weighted by Crippen LogP contribution is 2.29. The van der Waals surface area contributed by atoms with E-state index in [0.29, 0.717) is 6.42 Å². The summed E-state index contributed by atoms with van der Waals surface area (Å²) in [5.74, 6) is 0.745. The molecule has 0 aromatic heterocycles. The van der Waals surface area contributed by atoms with Crippen LogP contribution in [0, 0.1) is 6.92 Å². The van der Waals surface area contributed by atoms with Crippen molar-refractivity contribution in [2.45, 2.75) is 32.4 Å². The Kier molecular flexibility index (Phi) is 5.41. The molecule has 2 aliphatic heterocycles. The van der Waals surface area contributed by atoms with Gasteiger partial charge in [0.25, 0.3) is 5.91 Å². The van der Waals surface area contributed by atoms with E-state index >= 15 is 0 Å². The van der Waals surface area contributed by atoms with Crippen molar-refractivity contribution in [3.63, 3.8) is 0 Å². The van der Waals surface area contributed by atoms with Crippen molar-refractivity contribution in [2.75, 3.05) is 31.6 Å². The van der Waals surface area contributed by atoms with Crippen LogP contribution in [-0.2, 0) is 22.5 Å². The molecule has 0 radical (unpaired) electrons. The number of hydrogen-bond donors (Lipinski definition) is 1. The molecule has 0 saturated carbocycles. The highest BCUT2D eigenvalue weighted by atomic mass is 16.5. The lowest BCUT2D eigenvalue weighted by molar-refractivity contribution is -0.123. The molecule has 2 aromatic rings. The minimum Gasteiger partial charge on any atom is -0.480 e. The number of amides is 1. The second-order valence-electron chi connectivity index (χ2n) is 7.33. The molecule has 27 heavy (non-hydrogen) atoms. The molecule has 2 aromatic carbocycles. The zero-order chi connectivity index (χ0) is 18.6. The summed E-state index contributed by atoms with van der Waals surface area (Å²) in [5, 5.41) is 2.99. The summed E-state index contributed by atoms with van der Waals surface area (Å²) in [6, 6.07) is 14.2. The number of ether oxygens (including phenoxy) is 2. The van der Waals surface area contributed by atoms with Crippen LogP contribution in [0.1, 0.15) is 23.1 Å². The van der Waals surface area contributed by atoms with Crippen LogP contribution >= 0.6 is 0 Å². The van der Waals surface area contributed by atoms with Gasteiger partial charge in [-0.25, -0.2) is 0 Å². The van der Waals surface area contributed by atoms with Gasteiger partial charge in [-0.1, -0.05) is 29.8 Å². The number of carbonyl (C=O) groups excluding carboxylic acids is 1. The summed E-state index contributed by atoms with van der Waals surface area (Å²) >= 11 is 0. The SMILES string of the molecule is Cc1ccc2c(c1)CCC(C(=O)Nc1ccc(CN3CCOCC3)cc1)O2. The largest absolute Gasteiger partial charge is 0.480 e. The number of nitrogens with zero attached hydrogens (tertiary/aromatic N) is 1. The molecule has 2 heterocycles. The predicted octanol–water partition coefficient (Wildman–Crippen LogP) is 3.16. The van der Waals surface area contributed by atoms with Gasteiger partial charge in [-0.2, -0.15) is 0 Å². The summed E-state index contributed by atoms with van der Waals surface area (Å²) in [7, 11) is 0. The Morgan fingerprint density at radius 2 is 1.93 bits per heavy atom. The van der Waals surface area contributed by atoms with Crippen molar-refractivity contribution in [1.82, 2.24) is 4.90 Å². The molecule has 1 unspecified atom stereocenters. The first-order valence-electron chi connectivity index (χ1n) is 9.63. The van der Waals surface area contributed by atoms with E-state index in [2.05, 4.69) is 35.3 Å². The van der Waals surface area contributed by atoms with Gasteiger partial charge in [0, 0.05) is 25.3 Å². The van der Waals surface area contributed by atoms with E-state index < -0.39 is 6.10 Å². The van der Waals surface area contributed by atoms with E-state index in [1.54, 1.807) is 0 Å². The number of hydrogen-bond acceptors (Lipinski definition) is 4. The van der Waals surface area contributed by atoms with Gasteiger partial charge in [-0.15, -0.1) is 0 Å². The molecule has 5 heteroatoms. The maximum Gasteiger partial charge on any atom is 0.265 e. The summed E-state index contributed by atoms with van der Waals surface area (Å²) < 4.78 is 11.3. The molecular formula is C22H26N2O3. The van der Waals surface area contributed by atoms with Crippen molar-refractivity contribution in [2.24, 2.45) is 0 Å².